The van der Waals surface area contributed by atoms with Crippen LogP contribution in [0.25, 0.3) is 11.0 Å². The van der Waals surface area contributed by atoms with Crippen LogP contribution in [-0.4, -0.2) is 56.4 Å². The highest BCUT2D eigenvalue weighted by atomic mass is 16.3. The highest BCUT2D eigenvalue weighted by Gasteiger charge is 2.29. The Morgan fingerprint density at radius 2 is 1.96 bits per heavy atom. The minimum absolute atomic E-state index is 0.0940. The lowest BCUT2D eigenvalue weighted by Crippen LogP contribution is -2.39. The SMILES string of the molecule is NN=C(c1ncnc2[nH]ccc12)C1CCC(CN2CCC(O)CC2)CC1. The van der Waals surface area contributed by atoms with Crippen LogP contribution in [0.2, 0.25) is 0 Å². The molecule has 0 amide bonds. The number of likely N-dealkylation sites (tertiary alicyclic amines) is 1. The standard InChI is InChI=1S/C19H28N6O/c20-24-17(18-16-5-8-21-19(16)23-12-22-18)14-3-1-13(2-4-14)11-25-9-6-15(26)7-10-25/h5,8,12-15,26H,1-4,6-7,9-11,20H2,(H,21,22,23). The molecule has 1 saturated heterocycles. The van der Waals surface area contributed by atoms with Gasteiger partial charge in [0.1, 0.15) is 12.0 Å². The van der Waals surface area contributed by atoms with Crippen LogP contribution >= 0.6 is 0 Å². The number of piperidine rings is 1. The third-order valence-electron chi connectivity index (χ3n) is 6.04. The number of H-pyrrole nitrogens is 1. The van der Waals surface area contributed by atoms with Gasteiger partial charge in [0.15, 0.2) is 0 Å². The van der Waals surface area contributed by atoms with Crippen molar-refractivity contribution in [3.05, 3.63) is 24.3 Å². The number of aromatic nitrogens is 3. The number of hydrogen-bond acceptors (Lipinski definition) is 6. The van der Waals surface area contributed by atoms with E-state index in [1.165, 1.54) is 12.8 Å². The molecule has 26 heavy (non-hydrogen) atoms. The van der Waals surface area contributed by atoms with Gasteiger partial charge in [0, 0.05) is 37.1 Å². The second-order valence-corrected chi connectivity index (χ2v) is 7.73. The number of aliphatic hydroxyl groups is 1. The van der Waals surface area contributed by atoms with Crippen molar-refractivity contribution in [3.63, 3.8) is 0 Å². The van der Waals surface area contributed by atoms with E-state index in [9.17, 15) is 5.11 Å². The molecule has 140 valence electrons. The van der Waals surface area contributed by atoms with Crippen LogP contribution in [0, 0.1) is 11.8 Å². The molecule has 4 rings (SSSR count). The van der Waals surface area contributed by atoms with E-state index < -0.39 is 0 Å². The van der Waals surface area contributed by atoms with Crippen LogP contribution in [-0.2, 0) is 0 Å². The average Bonchev–Trinajstić information content (AvgIpc) is 3.15. The van der Waals surface area contributed by atoms with Gasteiger partial charge in [-0.1, -0.05) is 0 Å². The smallest absolute Gasteiger partial charge is 0.141 e. The van der Waals surface area contributed by atoms with Crippen LogP contribution in [0.3, 0.4) is 0 Å². The van der Waals surface area contributed by atoms with E-state index in [-0.39, 0.29) is 6.10 Å². The Labute approximate surface area is 153 Å². The monoisotopic (exact) mass is 356 g/mol. The molecule has 0 bridgehead atoms. The molecule has 2 aromatic heterocycles. The summed E-state index contributed by atoms with van der Waals surface area (Å²) in [4.78, 5) is 14.4. The largest absolute Gasteiger partial charge is 0.393 e. The maximum absolute atomic E-state index is 9.66. The van der Waals surface area contributed by atoms with E-state index in [1.807, 2.05) is 12.3 Å². The molecule has 4 N–H and O–H groups in total. The van der Waals surface area contributed by atoms with Crippen molar-refractivity contribution in [2.75, 3.05) is 19.6 Å². The van der Waals surface area contributed by atoms with Gasteiger partial charge >= 0.3 is 0 Å². The highest BCUT2D eigenvalue weighted by Crippen LogP contribution is 2.33. The molecule has 0 spiro atoms. The molecular formula is C19H28N6O. The van der Waals surface area contributed by atoms with E-state index in [1.54, 1.807) is 6.33 Å². The normalized spacial score (nSPS) is 26.4. The summed E-state index contributed by atoms with van der Waals surface area (Å²) in [5.74, 6) is 6.88. The predicted octanol–water partition coefficient (Wildman–Crippen LogP) is 1.88. The van der Waals surface area contributed by atoms with E-state index in [0.29, 0.717) is 5.92 Å². The summed E-state index contributed by atoms with van der Waals surface area (Å²) in [5.41, 5.74) is 2.61. The van der Waals surface area contributed by atoms with Crippen molar-refractivity contribution in [2.24, 2.45) is 22.8 Å². The van der Waals surface area contributed by atoms with Gasteiger partial charge in [-0.05, 0) is 50.5 Å². The van der Waals surface area contributed by atoms with Crippen molar-refractivity contribution in [1.29, 1.82) is 0 Å². The minimum Gasteiger partial charge on any atom is -0.393 e. The summed E-state index contributed by atoms with van der Waals surface area (Å²) in [5, 5.41) is 14.8. The molecule has 3 heterocycles. The summed E-state index contributed by atoms with van der Waals surface area (Å²) in [7, 11) is 0. The van der Waals surface area contributed by atoms with Gasteiger partial charge in [-0.3, -0.25) is 0 Å². The first-order chi connectivity index (χ1) is 12.7. The summed E-state index contributed by atoms with van der Waals surface area (Å²) < 4.78 is 0. The molecule has 2 aromatic rings. The van der Waals surface area contributed by atoms with E-state index in [0.717, 1.165) is 73.7 Å². The number of aromatic amines is 1. The van der Waals surface area contributed by atoms with Crippen molar-refractivity contribution < 1.29 is 5.11 Å². The molecular weight excluding hydrogens is 328 g/mol. The third-order valence-corrected chi connectivity index (χ3v) is 6.04. The Balaban J connectivity index is 1.38. The van der Waals surface area contributed by atoms with Crippen molar-refractivity contribution >= 4 is 16.7 Å². The summed E-state index contributed by atoms with van der Waals surface area (Å²) >= 11 is 0. The molecule has 7 nitrogen and oxygen atoms in total. The molecule has 2 aliphatic rings. The first kappa shape index (κ1) is 17.4. The van der Waals surface area contributed by atoms with Crippen LogP contribution in [0.5, 0.6) is 0 Å². The molecule has 1 aliphatic carbocycles. The summed E-state index contributed by atoms with van der Waals surface area (Å²) in [6.45, 7) is 3.22. The Bertz CT molecular complexity index is 756. The Kier molecular flexibility index (Phi) is 5.17. The summed E-state index contributed by atoms with van der Waals surface area (Å²) in [6, 6.07) is 1.99. The first-order valence-corrected chi connectivity index (χ1v) is 9.71. The molecule has 0 atom stereocenters. The quantitative estimate of drug-likeness (QED) is 0.441. The number of nitrogens with one attached hydrogen (secondary N) is 1. The first-order valence-electron chi connectivity index (χ1n) is 9.71. The zero-order valence-electron chi connectivity index (χ0n) is 15.1. The molecule has 7 heteroatoms. The number of nitrogens with zero attached hydrogens (tertiary/aromatic N) is 4. The number of hydrogen-bond donors (Lipinski definition) is 3. The fraction of sp³-hybridized carbons (Fsp3) is 0.632. The third kappa shape index (κ3) is 3.59. The highest BCUT2D eigenvalue weighted by molar-refractivity contribution is 6.09. The van der Waals surface area contributed by atoms with Crippen molar-refractivity contribution in [3.8, 4) is 0 Å². The van der Waals surface area contributed by atoms with Crippen LogP contribution in [0.15, 0.2) is 23.7 Å². The van der Waals surface area contributed by atoms with Gasteiger partial charge in [0.25, 0.3) is 0 Å². The molecule has 0 unspecified atom stereocenters. The van der Waals surface area contributed by atoms with Gasteiger partial charge in [0.05, 0.1) is 17.5 Å². The van der Waals surface area contributed by atoms with Crippen molar-refractivity contribution in [2.45, 2.75) is 44.6 Å². The molecule has 1 saturated carbocycles. The van der Waals surface area contributed by atoms with Gasteiger partial charge in [-0.15, -0.1) is 0 Å². The average molecular weight is 356 g/mol. The number of hydrazone groups is 1. The Hall–Kier alpha value is -1.99. The zero-order chi connectivity index (χ0) is 17.9. The van der Waals surface area contributed by atoms with E-state index >= 15 is 0 Å². The molecule has 2 fully saturated rings. The van der Waals surface area contributed by atoms with E-state index in [2.05, 4.69) is 25.0 Å². The van der Waals surface area contributed by atoms with Gasteiger partial charge in [0.2, 0.25) is 0 Å². The topological polar surface area (TPSA) is 103 Å². The second-order valence-electron chi connectivity index (χ2n) is 7.73. The molecule has 0 radical (unpaired) electrons. The summed E-state index contributed by atoms with van der Waals surface area (Å²) in [6.07, 6.45) is 9.80. The van der Waals surface area contributed by atoms with Crippen LogP contribution < -0.4 is 5.84 Å². The fourth-order valence-electron chi connectivity index (χ4n) is 4.52. The van der Waals surface area contributed by atoms with E-state index in [4.69, 9.17) is 5.84 Å². The Morgan fingerprint density at radius 1 is 1.19 bits per heavy atom. The lowest BCUT2D eigenvalue weighted by Gasteiger charge is -2.35. The number of rotatable bonds is 4. The van der Waals surface area contributed by atoms with Crippen LogP contribution in [0.4, 0.5) is 0 Å². The number of nitrogens with two attached hydrogens (primary N) is 1. The molecule has 0 aromatic carbocycles. The number of fused-ring (bicyclic) bond motifs is 1. The maximum atomic E-state index is 9.66. The molecule has 1 aliphatic heterocycles. The minimum atomic E-state index is -0.0940. The fourth-order valence-corrected chi connectivity index (χ4v) is 4.52. The van der Waals surface area contributed by atoms with Crippen LogP contribution in [0.1, 0.15) is 44.2 Å². The van der Waals surface area contributed by atoms with Crippen molar-refractivity contribution in [1.82, 2.24) is 19.9 Å². The second kappa shape index (κ2) is 7.72. The van der Waals surface area contributed by atoms with Gasteiger partial charge in [-0.25, -0.2) is 9.97 Å². The zero-order valence-corrected chi connectivity index (χ0v) is 15.1. The lowest BCUT2D eigenvalue weighted by atomic mass is 9.78. The predicted molar refractivity (Wildman–Crippen MR) is 102 cm³/mol. The Morgan fingerprint density at radius 3 is 2.69 bits per heavy atom. The number of aliphatic hydroxyl groups excluding tert-OH is 1. The van der Waals surface area contributed by atoms with Gasteiger partial charge in [-0.2, -0.15) is 5.10 Å². The lowest BCUT2D eigenvalue weighted by molar-refractivity contribution is 0.0701. The maximum Gasteiger partial charge on any atom is 0.141 e. The van der Waals surface area contributed by atoms with Gasteiger partial charge < -0.3 is 20.8 Å².